The van der Waals surface area contributed by atoms with Crippen molar-refractivity contribution in [1.82, 2.24) is 0 Å². The molecule has 0 amide bonds. The van der Waals surface area contributed by atoms with Crippen molar-refractivity contribution in [1.29, 1.82) is 0 Å². The lowest BCUT2D eigenvalue weighted by molar-refractivity contribution is 0.193. The minimum atomic E-state index is 0.835. The Morgan fingerprint density at radius 1 is 1.62 bits per heavy atom. The topological polar surface area (TPSA) is 9.23 Å². The fraction of sp³-hybridized carbons (Fsp3) is 0.667. The molecule has 0 aromatic carbocycles. The highest BCUT2D eigenvalue weighted by molar-refractivity contribution is 6.29. The van der Waals surface area contributed by atoms with Crippen molar-refractivity contribution in [2.24, 2.45) is 0 Å². The van der Waals surface area contributed by atoms with Gasteiger partial charge in [-0.1, -0.05) is 11.6 Å². The summed E-state index contributed by atoms with van der Waals surface area (Å²) in [6.45, 7) is 2.74. The monoisotopic (exact) mass is 132 g/mol. The number of halogens is 1. The van der Waals surface area contributed by atoms with Gasteiger partial charge in [0.2, 0.25) is 0 Å². The predicted octanol–water partition coefficient (Wildman–Crippen LogP) is 2.27. The van der Waals surface area contributed by atoms with E-state index in [1.165, 1.54) is 0 Å². The Balaban J connectivity index is 2.60. The molecular formula is C6H9ClO. The zero-order chi connectivity index (χ0) is 5.98. The maximum Gasteiger partial charge on any atom is 0.107 e. The van der Waals surface area contributed by atoms with E-state index >= 15 is 0 Å². The van der Waals surface area contributed by atoms with E-state index in [0.717, 1.165) is 30.2 Å². The van der Waals surface area contributed by atoms with Crippen LogP contribution in [0.5, 0.6) is 0 Å². The van der Waals surface area contributed by atoms with Crippen molar-refractivity contribution >= 4 is 11.6 Å². The van der Waals surface area contributed by atoms with Crippen molar-refractivity contribution in [2.45, 2.75) is 19.8 Å². The van der Waals surface area contributed by atoms with Gasteiger partial charge in [-0.15, -0.1) is 0 Å². The minimum absolute atomic E-state index is 0.835. The summed E-state index contributed by atoms with van der Waals surface area (Å²) >= 11 is 5.72. The first-order valence-corrected chi connectivity index (χ1v) is 3.16. The lowest BCUT2D eigenvalue weighted by atomic mass is 10.2. The van der Waals surface area contributed by atoms with Gasteiger partial charge >= 0.3 is 0 Å². The van der Waals surface area contributed by atoms with Crippen LogP contribution in [0, 0.1) is 0 Å². The summed E-state index contributed by atoms with van der Waals surface area (Å²) in [7, 11) is 0. The molecule has 1 heterocycles. The summed E-state index contributed by atoms with van der Waals surface area (Å²) in [5.74, 6) is 0.901. The second-order valence-electron chi connectivity index (χ2n) is 1.91. The molecule has 1 aliphatic rings. The predicted molar refractivity (Wildman–Crippen MR) is 33.7 cm³/mol. The molecule has 1 nitrogen and oxygen atoms in total. The highest BCUT2D eigenvalue weighted by atomic mass is 35.5. The third-order valence-corrected chi connectivity index (χ3v) is 1.70. The van der Waals surface area contributed by atoms with Crippen molar-refractivity contribution in [3.8, 4) is 0 Å². The molecule has 0 saturated carbocycles. The van der Waals surface area contributed by atoms with Crippen LogP contribution in [-0.4, -0.2) is 6.61 Å². The van der Waals surface area contributed by atoms with Crippen LogP contribution in [0.4, 0.5) is 0 Å². The van der Waals surface area contributed by atoms with Crippen LogP contribution in [0.1, 0.15) is 19.8 Å². The molecule has 1 aliphatic heterocycles. The quantitative estimate of drug-likeness (QED) is 0.491. The van der Waals surface area contributed by atoms with Gasteiger partial charge in [0.1, 0.15) is 5.76 Å². The molecule has 0 spiro atoms. The number of rotatable bonds is 0. The van der Waals surface area contributed by atoms with Crippen molar-refractivity contribution in [2.75, 3.05) is 6.61 Å². The van der Waals surface area contributed by atoms with Gasteiger partial charge in [0.05, 0.1) is 11.6 Å². The molecule has 0 fully saturated rings. The Kier molecular flexibility index (Phi) is 1.79. The number of ether oxygens (including phenoxy) is 1. The van der Waals surface area contributed by atoms with E-state index in [2.05, 4.69) is 0 Å². The van der Waals surface area contributed by atoms with E-state index in [4.69, 9.17) is 16.3 Å². The van der Waals surface area contributed by atoms with E-state index < -0.39 is 0 Å². The largest absolute Gasteiger partial charge is 0.497 e. The highest BCUT2D eigenvalue weighted by Crippen LogP contribution is 2.21. The summed E-state index contributed by atoms with van der Waals surface area (Å²) < 4.78 is 5.14. The first-order valence-electron chi connectivity index (χ1n) is 2.79. The van der Waals surface area contributed by atoms with Crippen molar-refractivity contribution < 1.29 is 4.74 Å². The summed E-state index contributed by atoms with van der Waals surface area (Å²) in [5.41, 5.74) is 0. The van der Waals surface area contributed by atoms with Gasteiger partial charge < -0.3 is 4.74 Å². The molecule has 0 atom stereocenters. The van der Waals surface area contributed by atoms with Crippen LogP contribution >= 0.6 is 11.6 Å². The molecule has 0 radical (unpaired) electrons. The third-order valence-electron chi connectivity index (χ3n) is 1.24. The van der Waals surface area contributed by atoms with E-state index in [1.54, 1.807) is 0 Å². The molecular weight excluding hydrogens is 124 g/mol. The molecule has 46 valence electrons. The van der Waals surface area contributed by atoms with E-state index in [9.17, 15) is 0 Å². The van der Waals surface area contributed by atoms with E-state index in [-0.39, 0.29) is 0 Å². The Morgan fingerprint density at radius 2 is 2.38 bits per heavy atom. The maximum absolute atomic E-state index is 5.72. The second kappa shape index (κ2) is 2.40. The Labute approximate surface area is 54.3 Å². The second-order valence-corrected chi connectivity index (χ2v) is 2.37. The number of hydrogen-bond donors (Lipinski definition) is 0. The fourth-order valence-electron chi connectivity index (χ4n) is 0.707. The first-order chi connectivity index (χ1) is 3.80. The Hall–Kier alpha value is -0.170. The van der Waals surface area contributed by atoms with Crippen LogP contribution in [0.3, 0.4) is 0 Å². The molecule has 0 aromatic heterocycles. The molecule has 2 heteroatoms. The number of hydrogen-bond acceptors (Lipinski definition) is 1. The van der Waals surface area contributed by atoms with Gasteiger partial charge in [-0.3, -0.25) is 0 Å². The van der Waals surface area contributed by atoms with Gasteiger partial charge in [-0.25, -0.2) is 0 Å². The fourth-order valence-corrected chi connectivity index (χ4v) is 0.895. The smallest absolute Gasteiger partial charge is 0.107 e. The van der Waals surface area contributed by atoms with Gasteiger partial charge in [0, 0.05) is 0 Å². The SMILES string of the molecule is CC1=C(Cl)CCCO1. The Bertz CT molecular complexity index is 104. The zero-order valence-electron chi connectivity index (χ0n) is 4.91. The molecule has 0 aromatic rings. The van der Waals surface area contributed by atoms with E-state index in [0.29, 0.717) is 0 Å². The van der Waals surface area contributed by atoms with Gasteiger partial charge in [0.25, 0.3) is 0 Å². The van der Waals surface area contributed by atoms with E-state index in [1.807, 2.05) is 6.92 Å². The van der Waals surface area contributed by atoms with Gasteiger partial charge in [0.15, 0.2) is 0 Å². The standard InChI is InChI=1S/C6H9ClO/c1-5-6(7)3-2-4-8-5/h2-4H2,1H3. The third kappa shape index (κ3) is 1.16. The summed E-state index contributed by atoms with van der Waals surface area (Å²) in [4.78, 5) is 0. The summed E-state index contributed by atoms with van der Waals surface area (Å²) in [6, 6.07) is 0. The summed E-state index contributed by atoms with van der Waals surface area (Å²) in [6.07, 6.45) is 2.06. The molecule has 0 aliphatic carbocycles. The lowest BCUT2D eigenvalue weighted by Gasteiger charge is -2.13. The van der Waals surface area contributed by atoms with Crippen molar-refractivity contribution in [3.05, 3.63) is 10.8 Å². The van der Waals surface area contributed by atoms with Crippen molar-refractivity contribution in [3.63, 3.8) is 0 Å². The van der Waals surface area contributed by atoms with Crippen LogP contribution in [-0.2, 0) is 4.74 Å². The van der Waals surface area contributed by atoms with Gasteiger partial charge in [-0.05, 0) is 19.8 Å². The highest BCUT2D eigenvalue weighted by Gasteiger charge is 2.05. The van der Waals surface area contributed by atoms with Crippen LogP contribution in [0.25, 0.3) is 0 Å². The molecule has 1 rings (SSSR count). The average Bonchev–Trinajstić information content (AvgIpc) is 1.77. The van der Waals surface area contributed by atoms with Crippen LogP contribution in [0.2, 0.25) is 0 Å². The van der Waals surface area contributed by atoms with Crippen LogP contribution in [0.15, 0.2) is 10.8 Å². The molecule has 0 N–H and O–H groups in total. The zero-order valence-corrected chi connectivity index (χ0v) is 5.66. The van der Waals surface area contributed by atoms with Gasteiger partial charge in [-0.2, -0.15) is 0 Å². The molecule has 8 heavy (non-hydrogen) atoms. The molecule has 0 saturated heterocycles. The lowest BCUT2D eigenvalue weighted by Crippen LogP contribution is -2.00. The summed E-state index contributed by atoms with van der Waals surface area (Å²) in [5, 5.41) is 0.885. The maximum atomic E-state index is 5.72. The first kappa shape index (κ1) is 5.96. The minimum Gasteiger partial charge on any atom is -0.497 e. The van der Waals surface area contributed by atoms with Crippen LogP contribution < -0.4 is 0 Å². The Morgan fingerprint density at radius 3 is 2.75 bits per heavy atom. The molecule has 0 bridgehead atoms. The normalized spacial score (nSPS) is 20.8. The average molecular weight is 133 g/mol. The number of allylic oxidation sites excluding steroid dienone is 2. The molecule has 0 unspecified atom stereocenters.